The second-order valence-corrected chi connectivity index (χ2v) is 7.22. The smallest absolute Gasteiger partial charge is 0.318 e. The molecular formula is C22H25NO5. The van der Waals surface area contributed by atoms with Crippen LogP contribution in [0, 0.1) is 5.92 Å². The zero-order valence-corrected chi connectivity index (χ0v) is 16.4. The highest BCUT2D eigenvalue weighted by Crippen LogP contribution is 2.33. The number of nitrogens with zero attached hydrogens (tertiary/aromatic N) is 1. The first-order valence-corrected chi connectivity index (χ1v) is 9.61. The minimum atomic E-state index is -0.908. The molecule has 0 spiro atoms. The molecular weight excluding hydrogens is 358 g/mol. The maximum Gasteiger partial charge on any atom is 0.318 e. The molecule has 2 heterocycles. The molecule has 0 bridgehead atoms. The van der Waals surface area contributed by atoms with Crippen LogP contribution in [0.1, 0.15) is 61.3 Å². The lowest BCUT2D eigenvalue weighted by molar-refractivity contribution is -0.196. The predicted octanol–water partition coefficient (Wildman–Crippen LogP) is 3.68. The fourth-order valence-electron chi connectivity index (χ4n) is 3.32. The molecule has 2 aromatic rings. The molecule has 1 aliphatic rings. The molecule has 1 aromatic heterocycles. The van der Waals surface area contributed by atoms with E-state index in [9.17, 15) is 14.4 Å². The van der Waals surface area contributed by atoms with Crippen molar-refractivity contribution in [3.8, 4) is 0 Å². The van der Waals surface area contributed by atoms with Gasteiger partial charge in [-0.3, -0.25) is 14.4 Å². The van der Waals surface area contributed by atoms with Crippen molar-refractivity contribution in [2.45, 2.75) is 52.4 Å². The number of rotatable bonds is 7. The number of carbonyl (C=O) groups is 3. The summed E-state index contributed by atoms with van der Waals surface area (Å²) in [5.74, 6) is -1.53. The van der Waals surface area contributed by atoms with E-state index in [0.29, 0.717) is 24.2 Å². The Balaban J connectivity index is 1.76. The summed E-state index contributed by atoms with van der Waals surface area (Å²) in [5.41, 5.74) is 1.93. The van der Waals surface area contributed by atoms with E-state index < -0.39 is 24.1 Å². The van der Waals surface area contributed by atoms with Gasteiger partial charge in [0, 0.05) is 30.1 Å². The van der Waals surface area contributed by atoms with Crippen molar-refractivity contribution in [1.29, 1.82) is 0 Å². The monoisotopic (exact) mass is 383 g/mol. The number of ether oxygens (including phenoxy) is 2. The number of benzene rings is 1. The van der Waals surface area contributed by atoms with Gasteiger partial charge >= 0.3 is 11.9 Å². The predicted molar refractivity (Wildman–Crippen MR) is 103 cm³/mol. The van der Waals surface area contributed by atoms with Crippen LogP contribution in [0.15, 0.2) is 42.5 Å². The summed E-state index contributed by atoms with van der Waals surface area (Å²) < 4.78 is 12.6. The summed E-state index contributed by atoms with van der Waals surface area (Å²) in [6.45, 7) is 5.91. The Morgan fingerprint density at radius 2 is 1.79 bits per heavy atom. The van der Waals surface area contributed by atoms with Crippen LogP contribution in [0.3, 0.4) is 0 Å². The maximum atomic E-state index is 12.8. The molecule has 0 radical (unpaired) electrons. The Morgan fingerprint density at radius 1 is 1.07 bits per heavy atom. The van der Waals surface area contributed by atoms with Crippen LogP contribution >= 0.6 is 0 Å². The Labute approximate surface area is 164 Å². The molecule has 6 nitrogen and oxygen atoms in total. The van der Waals surface area contributed by atoms with Gasteiger partial charge in [0.1, 0.15) is 0 Å². The molecule has 28 heavy (non-hydrogen) atoms. The zero-order chi connectivity index (χ0) is 20.3. The average Bonchev–Trinajstić information content (AvgIpc) is 3.29. The minimum absolute atomic E-state index is 0.0715. The Bertz CT molecular complexity index is 868. The lowest BCUT2D eigenvalue weighted by Crippen LogP contribution is -2.31. The SMILES string of the molecule is CCC(=O)OC(OC(=O)C1CCn2c(C(=O)c3ccccc3)ccc21)C(C)C. The summed E-state index contributed by atoms with van der Waals surface area (Å²) in [5, 5.41) is 0. The lowest BCUT2D eigenvalue weighted by Gasteiger charge is -2.22. The molecule has 148 valence electrons. The van der Waals surface area contributed by atoms with Crippen LogP contribution in [-0.4, -0.2) is 28.6 Å². The van der Waals surface area contributed by atoms with Gasteiger partial charge in [0.2, 0.25) is 12.1 Å². The molecule has 1 aromatic carbocycles. The largest absolute Gasteiger partial charge is 0.425 e. The molecule has 2 unspecified atom stereocenters. The van der Waals surface area contributed by atoms with Gasteiger partial charge in [0.25, 0.3) is 0 Å². The standard InChI is InChI=1S/C22H25NO5/c1-4-19(24)27-22(14(2)3)28-21(26)16-12-13-23-17(16)10-11-18(23)20(25)15-8-6-5-7-9-15/h5-11,14,16,22H,4,12-13H2,1-3H3. The number of ketones is 1. The van der Waals surface area contributed by atoms with Crippen LogP contribution in [-0.2, 0) is 25.6 Å². The van der Waals surface area contributed by atoms with Crippen molar-refractivity contribution >= 4 is 17.7 Å². The Kier molecular flexibility index (Phi) is 5.97. The summed E-state index contributed by atoms with van der Waals surface area (Å²) in [4.78, 5) is 37.1. The molecule has 0 aliphatic carbocycles. The number of carbonyl (C=O) groups excluding carboxylic acids is 3. The van der Waals surface area contributed by atoms with Crippen LogP contribution in [0.2, 0.25) is 0 Å². The van der Waals surface area contributed by atoms with Crippen molar-refractivity contribution in [2.24, 2.45) is 5.92 Å². The van der Waals surface area contributed by atoms with Gasteiger partial charge in [0.15, 0.2) is 0 Å². The summed E-state index contributed by atoms with van der Waals surface area (Å²) >= 11 is 0. The zero-order valence-electron chi connectivity index (χ0n) is 16.4. The first-order chi connectivity index (χ1) is 13.4. The molecule has 3 rings (SSSR count). The van der Waals surface area contributed by atoms with Gasteiger partial charge in [0.05, 0.1) is 11.6 Å². The van der Waals surface area contributed by atoms with Gasteiger partial charge in [-0.2, -0.15) is 0 Å². The molecule has 1 aliphatic heterocycles. The first kappa shape index (κ1) is 19.9. The van der Waals surface area contributed by atoms with Gasteiger partial charge in [-0.1, -0.05) is 51.1 Å². The third-order valence-corrected chi connectivity index (χ3v) is 4.88. The Morgan fingerprint density at radius 3 is 2.43 bits per heavy atom. The van der Waals surface area contributed by atoms with E-state index in [-0.39, 0.29) is 18.1 Å². The van der Waals surface area contributed by atoms with E-state index in [1.807, 2.05) is 36.6 Å². The molecule has 0 fully saturated rings. The molecule has 0 amide bonds. The molecule has 2 atom stereocenters. The molecule has 6 heteroatoms. The number of fused-ring (bicyclic) bond motifs is 1. The van der Waals surface area contributed by atoms with E-state index in [4.69, 9.17) is 9.47 Å². The van der Waals surface area contributed by atoms with Crippen LogP contribution in [0.25, 0.3) is 0 Å². The first-order valence-electron chi connectivity index (χ1n) is 9.61. The lowest BCUT2D eigenvalue weighted by atomic mass is 10.0. The maximum absolute atomic E-state index is 12.8. The summed E-state index contributed by atoms with van der Waals surface area (Å²) in [6.07, 6.45) is -0.136. The van der Waals surface area contributed by atoms with E-state index in [2.05, 4.69) is 0 Å². The molecule has 0 N–H and O–H groups in total. The van der Waals surface area contributed by atoms with E-state index in [1.165, 1.54) is 0 Å². The van der Waals surface area contributed by atoms with Crippen molar-refractivity contribution < 1.29 is 23.9 Å². The second-order valence-electron chi connectivity index (χ2n) is 7.22. The Hall–Kier alpha value is -2.89. The van der Waals surface area contributed by atoms with E-state index >= 15 is 0 Å². The quantitative estimate of drug-likeness (QED) is 0.414. The van der Waals surface area contributed by atoms with Crippen molar-refractivity contribution in [2.75, 3.05) is 0 Å². The number of aromatic nitrogens is 1. The van der Waals surface area contributed by atoms with Crippen molar-refractivity contribution in [3.05, 3.63) is 59.4 Å². The van der Waals surface area contributed by atoms with Crippen LogP contribution in [0.4, 0.5) is 0 Å². The number of esters is 2. The third kappa shape index (κ3) is 4.01. The highest BCUT2D eigenvalue weighted by molar-refractivity contribution is 6.08. The molecule has 0 saturated carbocycles. The summed E-state index contributed by atoms with van der Waals surface area (Å²) in [6, 6.07) is 12.6. The number of hydrogen-bond donors (Lipinski definition) is 0. The summed E-state index contributed by atoms with van der Waals surface area (Å²) in [7, 11) is 0. The molecule has 0 saturated heterocycles. The fourth-order valence-corrected chi connectivity index (χ4v) is 3.32. The highest BCUT2D eigenvalue weighted by Gasteiger charge is 2.35. The van der Waals surface area contributed by atoms with Crippen LogP contribution < -0.4 is 0 Å². The van der Waals surface area contributed by atoms with E-state index in [0.717, 1.165) is 5.69 Å². The van der Waals surface area contributed by atoms with Gasteiger partial charge < -0.3 is 14.0 Å². The van der Waals surface area contributed by atoms with Crippen molar-refractivity contribution in [3.63, 3.8) is 0 Å². The van der Waals surface area contributed by atoms with Crippen molar-refractivity contribution in [1.82, 2.24) is 4.57 Å². The average molecular weight is 383 g/mol. The van der Waals surface area contributed by atoms with E-state index in [1.54, 1.807) is 31.2 Å². The second kappa shape index (κ2) is 8.42. The van der Waals surface area contributed by atoms with Gasteiger partial charge in [-0.05, 0) is 18.6 Å². The minimum Gasteiger partial charge on any atom is -0.425 e. The highest BCUT2D eigenvalue weighted by atomic mass is 16.7. The van der Waals surface area contributed by atoms with Gasteiger partial charge in [-0.25, -0.2) is 0 Å². The topological polar surface area (TPSA) is 74.6 Å². The van der Waals surface area contributed by atoms with Crippen LogP contribution in [0.5, 0.6) is 0 Å². The third-order valence-electron chi connectivity index (χ3n) is 4.88. The normalized spacial score (nSPS) is 16.5. The number of hydrogen-bond acceptors (Lipinski definition) is 5. The van der Waals surface area contributed by atoms with Gasteiger partial charge in [-0.15, -0.1) is 0 Å². The fraction of sp³-hybridized carbons (Fsp3) is 0.409.